The summed E-state index contributed by atoms with van der Waals surface area (Å²) in [5.74, 6) is -0.209. The Kier molecular flexibility index (Phi) is 7.05. The Labute approximate surface area is 173 Å². The van der Waals surface area contributed by atoms with E-state index in [0.29, 0.717) is 12.1 Å². The molecule has 0 saturated carbocycles. The molecule has 1 aliphatic heterocycles. The van der Waals surface area contributed by atoms with Crippen LogP contribution in [0.1, 0.15) is 40.7 Å². The van der Waals surface area contributed by atoms with E-state index >= 15 is 0 Å². The number of rotatable bonds is 7. The van der Waals surface area contributed by atoms with Crippen molar-refractivity contribution in [1.82, 2.24) is 9.62 Å². The van der Waals surface area contributed by atoms with Gasteiger partial charge in [0.15, 0.2) is 0 Å². The maximum absolute atomic E-state index is 12.5. The van der Waals surface area contributed by atoms with Gasteiger partial charge in [0.2, 0.25) is 10.0 Å². The Balaban J connectivity index is 1.63. The van der Waals surface area contributed by atoms with Gasteiger partial charge in [-0.3, -0.25) is 4.79 Å². The summed E-state index contributed by atoms with van der Waals surface area (Å²) in [6, 6.07) is 14.3. The van der Waals surface area contributed by atoms with Gasteiger partial charge in [-0.2, -0.15) is 0 Å². The number of nitrogens with zero attached hydrogens (tertiary/aromatic N) is 1. The van der Waals surface area contributed by atoms with E-state index in [1.165, 1.54) is 64.1 Å². The Hall–Kier alpha value is -2.22. The lowest BCUT2D eigenvalue weighted by atomic mass is 10.0. The van der Waals surface area contributed by atoms with Crippen LogP contribution in [0.25, 0.3) is 0 Å². The van der Waals surface area contributed by atoms with E-state index in [4.69, 9.17) is 0 Å². The molecular weight excluding hydrogens is 386 g/mol. The molecule has 0 aromatic heterocycles. The van der Waals surface area contributed by atoms with Crippen LogP contribution in [0.4, 0.5) is 0 Å². The molecule has 0 radical (unpaired) electrons. The third-order valence-corrected chi connectivity index (χ3v) is 7.28. The number of piperidine rings is 1. The van der Waals surface area contributed by atoms with Gasteiger partial charge in [-0.25, -0.2) is 12.7 Å². The number of hydrogen-bond donors (Lipinski definition) is 2. The van der Waals surface area contributed by atoms with Crippen LogP contribution in [0.5, 0.6) is 0 Å². The van der Waals surface area contributed by atoms with Crippen molar-refractivity contribution in [2.75, 3.05) is 27.2 Å². The lowest BCUT2D eigenvalue weighted by molar-refractivity contribution is -0.918. The van der Waals surface area contributed by atoms with Crippen LogP contribution in [-0.2, 0) is 23.1 Å². The van der Waals surface area contributed by atoms with Crippen LogP contribution in [0.15, 0.2) is 53.4 Å². The van der Waals surface area contributed by atoms with Gasteiger partial charge in [0.25, 0.3) is 5.91 Å². The van der Waals surface area contributed by atoms with Crippen molar-refractivity contribution >= 4 is 15.9 Å². The third kappa shape index (κ3) is 5.44. The van der Waals surface area contributed by atoms with Crippen LogP contribution in [0, 0.1) is 0 Å². The summed E-state index contributed by atoms with van der Waals surface area (Å²) in [5.41, 5.74) is 2.85. The molecule has 2 N–H and O–H groups in total. The van der Waals surface area contributed by atoms with Crippen LogP contribution in [-0.4, -0.2) is 45.8 Å². The summed E-state index contributed by atoms with van der Waals surface area (Å²) < 4.78 is 25.5. The van der Waals surface area contributed by atoms with E-state index in [1.54, 1.807) is 17.0 Å². The van der Waals surface area contributed by atoms with Gasteiger partial charge in [-0.05, 0) is 49.1 Å². The first-order valence-corrected chi connectivity index (χ1v) is 11.5. The maximum atomic E-state index is 12.5. The van der Waals surface area contributed by atoms with Crippen molar-refractivity contribution in [3.8, 4) is 0 Å². The van der Waals surface area contributed by atoms with Gasteiger partial charge < -0.3 is 10.2 Å². The maximum Gasteiger partial charge on any atom is 0.251 e. The van der Waals surface area contributed by atoms with E-state index in [2.05, 4.69) is 17.4 Å². The number of quaternary nitrogens is 1. The molecule has 6 nitrogen and oxygen atoms in total. The van der Waals surface area contributed by atoms with Crippen molar-refractivity contribution in [1.29, 1.82) is 0 Å². The molecule has 0 bridgehead atoms. The fraction of sp³-hybridized carbons (Fsp3) is 0.409. The lowest BCUT2D eigenvalue weighted by Crippen LogP contribution is -3.11. The van der Waals surface area contributed by atoms with Crippen LogP contribution in [0.3, 0.4) is 0 Å². The molecule has 2 aromatic carbocycles. The summed E-state index contributed by atoms with van der Waals surface area (Å²) in [4.78, 5) is 14.3. The molecule has 1 aliphatic rings. The second-order valence-corrected chi connectivity index (χ2v) is 9.90. The number of likely N-dealkylation sites (tertiary alicyclic amines) is 1. The third-order valence-electron chi connectivity index (χ3n) is 5.45. The first kappa shape index (κ1) is 21.5. The Morgan fingerprint density at radius 3 is 2.21 bits per heavy atom. The number of carbonyl (C=O) groups excluding carboxylic acids is 1. The van der Waals surface area contributed by atoms with Crippen LogP contribution < -0.4 is 10.2 Å². The van der Waals surface area contributed by atoms with Crippen molar-refractivity contribution in [3.05, 3.63) is 65.2 Å². The molecule has 29 heavy (non-hydrogen) atoms. The smallest absolute Gasteiger partial charge is 0.251 e. The van der Waals surface area contributed by atoms with Crippen molar-refractivity contribution < 1.29 is 18.1 Å². The average molecular weight is 417 g/mol. The predicted molar refractivity (Wildman–Crippen MR) is 113 cm³/mol. The minimum atomic E-state index is -3.50. The number of carbonyl (C=O) groups is 1. The van der Waals surface area contributed by atoms with Gasteiger partial charge in [-0.1, -0.05) is 24.3 Å². The Morgan fingerprint density at radius 1 is 0.966 bits per heavy atom. The highest BCUT2D eigenvalue weighted by atomic mass is 32.2. The first-order chi connectivity index (χ1) is 13.9. The van der Waals surface area contributed by atoms with Crippen molar-refractivity contribution in [3.63, 3.8) is 0 Å². The van der Waals surface area contributed by atoms with E-state index in [9.17, 15) is 13.2 Å². The largest absolute Gasteiger partial charge is 0.348 e. The number of amides is 1. The zero-order chi connectivity index (χ0) is 20.9. The van der Waals surface area contributed by atoms with Crippen molar-refractivity contribution in [2.24, 2.45) is 0 Å². The lowest BCUT2D eigenvalue weighted by Gasteiger charge is -2.24. The van der Waals surface area contributed by atoms with Gasteiger partial charge in [0, 0.05) is 31.8 Å². The second kappa shape index (κ2) is 9.52. The van der Waals surface area contributed by atoms with Crippen molar-refractivity contribution in [2.45, 2.75) is 37.2 Å². The monoisotopic (exact) mass is 416 g/mol. The van der Waals surface area contributed by atoms with Crippen LogP contribution in [0.2, 0.25) is 0 Å². The minimum absolute atomic E-state index is 0.175. The van der Waals surface area contributed by atoms with Gasteiger partial charge in [-0.15, -0.1) is 0 Å². The number of benzene rings is 2. The SMILES string of the molecule is CN(C)S(=O)(=O)c1ccc(C(=O)NCc2ccccc2C[NH+]2CCCCC2)cc1. The number of hydrogen-bond acceptors (Lipinski definition) is 3. The van der Waals surface area contributed by atoms with Gasteiger partial charge in [0.05, 0.1) is 18.0 Å². The topological polar surface area (TPSA) is 70.9 Å². The molecular formula is C22H30N3O3S+. The zero-order valence-corrected chi connectivity index (χ0v) is 18.0. The molecule has 1 amide bonds. The molecule has 0 atom stereocenters. The molecule has 0 spiro atoms. The summed E-state index contributed by atoms with van der Waals surface area (Å²) >= 11 is 0. The standard InChI is InChI=1S/C22H29N3O3S/c1-24(2)29(27,28)21-12-10-18(11-13-21)22(26)23-16-19-8-4-5-9-20(19)17-25-14-6-3-7-15-25/h4-5,8-13H,3,6-7,14-17H2,1-2H3,(H,23,26)/p+1. The summed E-state index contributed by atoms with van der Waals surface area (Å²) in [7, 11) is -0.525. The summed E-state index contributed by atoms with van der Waals surface area (Å²) in [5, 5.41) is 2.97. The quantitative estimate of drug-likeness (QED) is 0.718. The fourth-order valence-corrected chi connectivity index (χ4v) is 4.57. The molecule has 2 aromatic rings. The molecule has 1 saturated heterocycles. The minimum Gasteiger partial charge on any atom is -0.348 e. The van der Waals surface area contributed by atoms with E-state index < -0.39 is 10.0 Å². The normalized spacial score (nSPS) is 15.4. The molecule has 0 unspecified atom stereocenters. The average Bonchev–Trinajstić information content (AvgIpc) is 2.73. The molecule has 156 valence electrons. The molecule has 1 heterocycles. The fourth-order valence-electron chi connectivity index (χ4n) is 3.67. The van der Waals surface area contributed by atoms with Gasteiger partial charge >= 0.3 is 0 Å². The van der Waals surface area contributed by atoms with Crippen LogP contribution >= 0.6 is 0 Å². The van der Waals surface area contributed by atoms with Gasteiger partial charge in [0.1, 0.15) is 6.54 Å². The van der Waals surface area contributed by atoms with E-state index in [0.717, 1.165) is 16.4 Å². The highest BCUT2D eigenvalue weighted by molar-refractivity contribution is 7.89. The number of nitrogens with one attached hydrogen (secondary N) is 2. The summed E-state index contributed by atoms with van der Waals surface area (Å²) in [6.45, 7) is 3.87. The highest BCUT2D eigenvalue weighted by Crippen LogP contribution is 2.14. The molecule has 0 aliphatic carbocycles. The van der Waals surface area contributed by atoms with E-state index in [1.807, 2.05) is 12.1 Å². The predicted octanol–water partition coefficient (Wildman–Crippen LogP) is 1.44. The Morgan fingerprint density at radius 2 is 1.59 bits per heavy atom. The Bertz CT molecular complexity index is 934. The number of sulfonamides is 1. The summed E-state index contributed by atoms with van der Waals surface area (Å²) in [6.07, 6.45) is 3.90. The highest BCUT2D eigenvalue weighted by Gasteiger charge is 2.18. The molecule has 7 heteroatoms. The first-order valence-electron chi connectivity index (χ1n) is 10.1. The van der Waals surface area contributed by atoms with E-state index in [-0.39, 0.29) is 10.8 Å². The zero-order valence-electron chi connectivity index (χ0n) is 17.1. The second-order valence-electron chi connectivity index (χ2n) is 7.75. The molecule has 3 rings (SSSR count). The molecule has 1 fully saturated rings.